The Morgan fingerprint density at radius 3 is 2.50 bits per heavy atom. The third-order valence-electron chi connectivity index (χ3n) is 4.56. The van der Waals surface area contributed by atoms with Crippen LogP contribution in [0.25, 0.3) is 10.9 Å². The highest BCUT2D eigenvalue weighted by Gasteiger charge is 2.26. The molecule has 98 valence electrons. The van der Waals surface area contributed by atoms with Crippen LogP contribution >= 0.6 is 0 Å². The van der Waals surface area contributed by atoms with E-state index in [0.717, 1.165) is 12.3 Å². The highest BCUT2D eigenvalue weighted by atomic mass is 14.7. The summed E-state index contributed by atoms with van der Waals surface area (Å²) in [6, 6.07) is 10.8. The first-order chi connectivity index (χ1) is 8.56. The topological polar surface area (TPSA) is 15.8 Å². The molecular formula is C17H25N. The Balaban J connectivity index is 2.21. The van der Waals surface area contributed by atoms with Gasteiger partial charge in [0, 0.05) is 11.2 Å². The van der Waals surface area contributed by atoms with Crippen LogP contribution in [0.4, 0.5) is 0 Å². The first kappa shape index (κ1) is 13.2. The van der Waals surface area contributed by atoms with E-state index in [9.17, 15) is 0 Å². The molecule has 0 bridgehead atoms. The van der Waals surface area contributed by atoms with Gasteiger partial charge in [-0.3, -0.25) is 0 Å². The van der Waals surface area contributed by atoms with Crippen molar-refractivity contribution >= 4 is 10.9 Å². The maximum atomic E-state index is 3.56. The molecular weight excluding hydrogens is 218 g/mol. The van der Waals surface area contributed by atoms with E-state index in [1.165, 1.54) is 29.4 Å². The van der Waals surface area contributed by atoms with Crippen LogP contribution in [0.5, 0.6) is 0 Å². The van der Waals surface area contributed by atoms with E-state index in [-0.39, 0.29) is 0 Å². The number of hydrogen-bond donors (Lipinski definition) is 1. The molecule has 18 heavy (non-hydrogen) atoms. The largest absolute Gasteiger partial charge is 0.358 e. The van der Waals surface area contributed by atoms with Crippen LogP contribution in [0.15, 0.2) is 30.3 Å². The maximum absolute atomic E-state index is 3.56. The first-order valence-electron chi connectivity index (χ1n) is 7.13. The molecule has 1 aromatic carbocycles. The quantitative estimate of drug-likeness (QED) is 0.745. The molecule has 0 aliphatic heterocycles. The summed E-state index contributed by atoms with van der Waals surface area (Å²) in [6.45, 7) is 9.40. The lowest BCUT2D eigenvalue weighted by atomic mass is 9.73. The minimum atomic E-state index is 0.423. The fourth-order valence-corrected chi connectivity index (χ4v) is 2.77. The number of benzene rings is 1. The average Bonchev–Trinajstić information content (AvgIpc) is 2.78. The molecule has 0 radical (unpaired) electrons. The van der Waals surface area contributed by atoms with E-state index in [1.807, 2.05) is 0 Å². The molecule has 0 fully saturated rings. The Labute approximate surface area is 111 Å². The van der Waals surface area contributed by atoms with E-state index in [0.29, 0.717) is 5.41 Å². The number of aromatic nitrogens is 1. The Morgan fingerprint density at radius 1 is 1.17 bits per heavy atom. The van der Waals surface area contributed by atoms with Crippen molar-refractivity contribution in [3.05, 3.63) is 36.0 Å². The van der Waals surface area contributed by atoms with Gasteiger partial charge in [-0.2, -0.15) is 0 Å². The van der Waals surface area contributed by atoms with Gasteiger partial charge in [0.15, 0.2) is 0 Å². The number of nitrogens with one attached hydrogen (secondary N) is 1. The van der Waals surface area contributed by atoms with Crippen LogP contribution in [0, 0.1) is 11.3 Å². The molecule has 0 aliphatic rings. The molecule has 1 nitrogen and oxygen atoms in total. The predicted octanol–water partition coefficient (Wildman–Crippen LogP) is 5.17. The lowest BCUT2D eigenvalue weighted by Crippen LogP contribution is -2.24. The van der Waals surface area contributed by atoms with Crippen molar-refractivity contribution in [2.75, 3.05) is 0 Å². The molecule has 0 amide bonds. The molecule has 1 N–H and O–H groups in total. The Kier molecular flexibility index (Phi) is 3.79. The van der Waals surface area contributed by atoms with Gasteiger partial charge in [-0.05, 0) is 35.3 Å². The van der Waals surface area contributed by atoms with Gasteiger partial charge in [0.1, 0.15) is 0 Å². The predicted molar refractivity (Wildman–Crippen MR) is 79.9 cm³/mol. The van der Waals surface area contributed by atoms with E-state index in [4.69, 9.17) is 0 Å². The lowest BCUT2D eigenvalue weighted by molar-refractivity contribution is 0.194. The molecule has 1 heterocycles. The summed E-state index contributed by atoms with van der Waals surface area (Å²) >= 11 is 0. The average molecular weight is 243 g/mol. The number of hydrogen-bond acceptors (Lipinski definition) is 0. The Hall–Kier alpha value is -1.24. The van der Waals surface area contributed by atoms with Gasteiger partial charge in [-0.1, -0.05) is 58.7 Å². The Morgan fingerprint density at radius 2 is 1.89 bits per heavy atom. The summed E-state index contributed by atoms with van der Waals surface area (Å²) in [5.41, 5.74) is 3.06. The van der Waals surface area contributed by atoms with Crippen molar-refractivity contribution in [3.8, 4) is 0 Å². The van der Waals surface area contributed by atoms with Crippen molar-refractivity contribution in [2.45, 2.75) is 47.0 Å². The summed E-state index contributed by atoms with van der Waals surface area (Å²) in [5, 5.41) is 1.33. The zero-order valence-electron chi connectivity index (χ0n) is 12.1. The molecule has 0 spiro atoms. The summed E-state index contributed by atoms with van der Waals surface area (Å²) in [6.07, 6.45) is 3.65. The van der Waals surface area contributed by atoms with Crippen LogP contribution in [0.1, 0.15) is 46.2 Å². The van der Waals surface area contributed by atoms with E-state index in [1.54, 1.807) is 0 Å². The fourth-order valence-electron chi connectivity index (χ4n) is 2.77. The summed E-state index contributed by atoms with van der Waals surface area (Å²) < 4.78 is 0. The minimum absolute atomic E-state index is 0.423. The number of aromatic amines is 1. The molecule has 1 heteroatoms. The molecule has 0 aliphatic carbocycles. The van der Waals surface area contributed by atoms with Crippen molar-refractivity contribution in [2.24, 2.45) is 11.3 Å². The molecule has 1 unspecified atom stereocenters. The van der Waals surface area contributed by atoms with Gasteiger partial charge < -0.3 is 4.98 Å². The van der Waals surface area contributed by atoms with Crippen molar-refractivity contribution in [1.82, 2.24) is 4.98 Å². The zero-order chi connectivity index (χ0) is 13.2. The normalized spacial score (nSPS) is 14.0. The summed E-state index contributed by atoms with van der Waals surface area (Å²) in [4.78, 5) is 3.56. The van der Waals surface area contributed by atoms with Gasteiger partial charge in [0.05, 0.1) is 0 Å². The number of rotatable bonds is 5. The summed E-state index contributed by atoms with van der Waals surface area (Å²) in [7, 11) is 0. The van der Waals surface area contributed by atoms with Gasteiger partial charge in [0.25, 0.3) is 0 Å². The van der Waals surface area contributed by atoms with E-state index >= 15 is 0 Å². The van der Waals surface area contributed by atoms with Crippen molar-refractivity contribution < 1.29 is 0 Å². The Bertz CT molecular complexity index is 474. The van der Waals surface area contributed by atoms with E-state index < -0.39 is 0 Å². The van der Waals surface area contributed by atoms with Gasteiger partial charge in [-0.15, -0.1) is 0 Å². The highest BCUT2D eigenvalue weighted by Crippen LogP contribution is 2.35. The number of fused-ring (bicyclic) bond motifs is 1. The molecule has 0 saturated carbocycles. The molecule has 2 rings (SSSR count). The fraction of sp³-hybridized carbons (Fsp3) is 0.529. The first-order valence-corrected chi connectivity index (χ1v) is 7.13. The third kappa shape index (κ3) is 2.60. The second-order valence-corrected chi connectivity index (χ2v) is 6.03. The van der Waals surface area contributed by atoms with Crippen molar-refractivity contribution in [1.29, 1.82) is 0 Å². The smallest absolute Gasteiger partial charge is 0.0456 e. The molecule has 0 saturated heterocycles. The second-order valence-electron chi connectivity index (χ2n) is 6.03. The van der Waals surface area contributed by atoms with Gasteiger partial charge in [0.2, 0.25) is 0 Å². The second kappa shape index (κ2) is 5.17. The van der Waals surface area contributed by atoms with Crippen LogP contribution in [0.3, 0.4) is 0 Å². The number of H-pyrrole nitrogens is 1. The van der Waals surface area contributed by atoms with Crippen LogP contribution < -0.4 is 0 Å². The molecule has 1 aromatic heterocycles. The van der Waals surface area contributed by atoms with E-state index in [2.05, 4.69) is 63.0 Å². The van der Waals surface area contributed by atoms with Gasteiger partial charge >= 0.3 is 0 Å². The minimum Gasteiger partial charge on any atom is -0.358 e. The van der Waals surface area contributed by atoms with Crippen LogP contribution in [-0.4, -0.2) is 4.98 Å². The summed E-state index contributed by atoms with van der Waals surface area (Å²) in [5.74, 6) is 0.746. The molecule has 2 aromatic rings. The van der Waals surface area contributed by atoms with Crippen LogP contribution in [0.2, 0.25) is 0 Å². The highest BCUT2D eigenvalue weighted by molar-refractivity contribution is 5.80. The monoisotopic (exact) mass is 243 g/mol. The number of para-hydroxylation sites is 1. The lowest BCUT2D eigenvalue weighted by Gasteiger charge is -2.32. The maximum Gasteiger partial charge on any atom is 0.0456 e. The SMILES string of the molecule is CCC(Cc1cc2ccccc2[nH]1)C(C)(C)CC. The van der Waals surface area contributed by atoms with Gasteiger partial charge in [-0.25, -0.2) is 0 Å². The third-order valence-corrected chi connectivity index (χ3v) is 4.56. The molecule has 1 atom stereocenters. The zero-order valence-corrected chi connectivity index (χ0v) is 12.1. The van der Waals surface area contributed by atoms with Crippen molar-refractivity contribution in [3.63, 3.8) is 0 Å². The van der Waals surface area contributed by atoms with Crippen LogP contribution in [-0.2, 0) is 6.42 Å². The standard InChI is InChI=1S/C17H25N/c1-5-14(17(3,4)6-2)12-15-11-13-9-7-8-10-16(13)18-15/h7-11,14,18H,5-6,12H2,1-4H3.